The first-order chi connectivity index (χ1) is 12.2. The topological polar surface area (TPSA) is 93.7 Å². The minimum Gasteiger partial charge on any atom is -0.497 e. The zero-order chi connectivity index (χ0) is 19.3. The lowest BCUT2D eigenvalue weighted by Crippen LogP contribution is -2.27. The van der Waals surface area contributed by atoms with Crippen LogP contribution in [0.5, 0.6) is 11.5 Å². The van der Waals surface area contributed by atoms with Gasteiger partial charge in [-0.15, -0.1) is 0 Å². The van der Waals surface area contributed by atoms with Crippen LogP contribution < -0.4 is 19.5 Å². The number of carbonyl (C=O) groups excluding carboxylic acids is 1. The molecule has 0 heterocycles. The van der Waals surface area contributed by atoms with E-state index in [1.807, 2.05) is 13.0 Å². The highest BCUT2D eigenvalue weighted by molar-refractivity contribution is 7.92. The fraction of sp³-hybridized carbons (Fsp3) is 0.278. The molecule has 7 nitrogen and oxygen atoms in total. The fourth-order valence-corrected chi connectivity index (χ4v) is 3.00. The molecule has 8 heteroatoms. The maximum absolute atomic E-state index is 12.5. The van der Waals surface area contributed by atoms with Crippen LogP contribution in [0.1, 0.15) is 28.9 Å². The Morgan fingerprint density at radius 3 is 2.23 bits per heavy atom. The molecule has 26 heavy (non-hydrogen) atoms. The molecule has 0 bridgehead atoms. The fourth-order valence-electron chi connectivity index (χ4n) is 2.44. The van der Waals surface area contributed by atoms with E-state index < -0.39 is 10.0 Å². The van der Waals surface area contributed by atoms with E-state index in [0.29, 0.717) is 22.7 Å². The highest BCUT2D eigenvalue weighted by Gasteiger charge is 2.16. The molecule has 0 spiro atoms. The van der Waals surface area contributed by atoms with Crippen LogP contribution in [0.2, 0.25) is 0 Å². The summed E-state index contributed by atoms with van der Waals surface area (Å²) in [4.78, 5) is 12.5. The molecule has 2 N–H and O–H groups in total. The molecule has 0 aliphatic carbocycles. The van der Waals surface area contributed by atoms with Gasteiger partial charge in [-0.25, -0.2) is 8.42 Å². The van der Waals surface area contributed by atoms with Crippen molar-refractivity contribution >= 4 is 21.6 Å². The highest BCUT2D eigenvalue weighted by atomic mass is 32.2. The van der Waals surface area contributed by atoms with Crippen molar-refractivity contribution in [3.05, 3.63) is 53.6 Å². The number of benzene rings is 2. The average Bonchev–Trinajstić information content (AvgIpc) is 2.60. The van der Waals surface area contributed by atoms with Gasteiger partial charge in [-0.1, -0.05) is 0 Å². The van der Waals surface area contributed by atoms with Crippen molar-refractivity contribution in [2.24, 2.45) is 0 Å². The molecule has 0 unspecified atom stereocenters. The van der Waals surface area contributed by atoms with Gasteiger partial charge in [0.2, 0.25) is 10.0 Å². The predicted octanol–water partition coefficient (Wildman–Crippen LogP) is 2.57. The van der Waals surface area contributed by atoms with E-state index in [2.05, 4.69) is 10.0 Å². The average molecular weight is 378 g/mol. The van der Waals surface area contributed by atoms with Crippen molar-refractivity contribution in [3.63, 3.8) is 0 Å². The van der Waals surface area contributed by atoms with Crippen LogP contribution in [-0.2, 0) is 10.0 Å². The lowest BCUT2D eigenvalue weighted by Gasteiger charge is -2.18. The van der Waals surface area contributed by atoms with E-state index in [1.165, 1.54) is 12.1 Å². The quantitative estimate of drug-likeness (QED) is 0.772. The Balaban J connectivity index is 2.14. The normalized spacial score (nSPS) is 12.2. The Morgan fingerprint density at radius 1 is 1.04 bits per heavy atom. The summed E-state index contributed by atoms with van der Waals surface area (Å²) < 4.78 is 35.4. The van der Waals surface area contributed by atoms with Gasteiger partial charge < -0.3 is 14.8 Å². The third-order valence-corrected chi connectivity index (χ3v) is 4.31. The Kier molecular flexibility index (Phi) is 6.10. The van der Waals surface area contributed by atoms with Crippen LogP contribution in [0, 0.1) is 0 Å². The van der Waals surface area contributed by atoms with Gasteiger partial charge in [0.15, 0.2) is 0 Å². The smallest absolute Gasteiger partial charge is 0.251 e. The second-order valence-electron chi connectivity index (χ2n) is 5.75. The monoisotopic (exact) mass is 378 g/mol. The van der Waals surface area contributed by atoms with Crippen molar-refractivity contribution in [2.75, 3.05) is 25.2 Å². The van der Waals surface area contributed by atoms with Crippen molar-refractivity contribution in [2.45, 2.75) is 13.0 Å². The molecule has 0 aliphatic heterocycles. The summed E-state index contributed by atoms with van der Waals surface area (Å²) in [6.45, 7) is 1.84. The molecule has 0 saturated carbocycles. The number of carbonyl (C=O) groups is 1. The number of ether oxygens (including phenoxy) is 2. The number of rotatable bonds is 7. The minimum absolute atomic E-state index is 0.284. The first kappa shape index (κ1) is 19.6. The molecule has 2 aromatic carbocycles. The number of methoxy groups -OCH3 is 2. The first-order valence-electron chi connectivity index (χ1n) is 7.84. The zero-order valence-corrected chi connectivity index (χ0v) is 15.9. The van der Waals surface area contributed by atoms with Crippen molar-refractivity contribution < 1.29 is 22.7 Å². The molecule has 0 aromatic heterocycles. The van der Waals surface area contributed by atoms with E-state index in [4.69, 9.17) is 9.47 Å². The Bertz CT molecular complexity index is 879. The van der Waals surface area contributed by atoms with E-state index in [0.717, 1.165) is 11.8 Å². The maximum Gasteiger partial charge on any atom is 0.251 e. The third kappa shape index (κ3) is 5.13. The van der Waals surface area contributed by atoms with Crippen LogP contribution in [0.15, 0.2) is 42.5 Å². The largest absolute Gasteiger partial charge is 0.497 e. The van der Waals surface area contributed by atoms with E-state index in [-0.39, 0.29) is 11.9 Å². The van der Waals surface area contributed by atoms with Crippen molar-refractivity contribution in [1.82, 2.24) is 5.32 Å². The Labute approximate surface area is 153 Å². The molecule has 0 saturated heterocycles. The molecule has 1 amide bonds. The minimum atomic E-state index is -3.36. The third-order valence-electron chi connectivity index (χ3n) is 3.70. The van der Waals surface area contributed by atoms with Gasteiger partial charge in [0.1, 0.15) is 11.5 Å². The SMILES string of the molecule is COc1ccc(OC)c([C@H](C)NC(=O)c2ccc(NS(C)(=O)=O)cc2)c1. The Hall–Kier alpha value is -2.74. The van der Waals surface area contributed by atoms with Crippen LogP contribution >= 0.6 is 0 Å². The van der Waals surface area contributed by atoms with Crippen LogP contribution in [0.4, 0.5) is 5.69 Å². The van der Waals surface area contributed by atoms with Gasteiger partial charge >= 0.3 is 0 Å². The second-order valence-corrected chi connectivity index (χ2v) is 7.50. The number of hydrogen-bond acceptors (Lipinski definition) is 5. The number of hydrogen-bond donors (Lipinski definition) is 2. The molecule has 2 aromatic rings. The van der Waals surface area contributed by atoms with Crippen molar-refractivity contribution in [1.29, 1.82) is 0 Å². The maximum atomic E-state index is 12.5. The Morgan fingerprint density at radius 2 is 1.69 bits per heavy atom. The number of amides is 1. The summed E-state index contributed by atoms with van der Waals surface area (Å²) in [5, 5.41) is 2.89. The number of nitrogens with one attached hydrogen (secondary N) is 2. The van der Waals surface area contributed by atoms with Gasteiger partial charge in [0, 0.05) is 16.8 Å². The molecule has 2 rings (SSSR count). The van der Waals surface area contributed by atoms with E-state index in [9.17, 15) is 13.2 Å². The van der Waals surface area contributed by atoms with Crippen LogP contribution in [-0.4, -0.2) is 34.8 Å². The van der Waals surface area contributed by atoms with E-state index in [1.54, 1.807) is 38.5 Å². The summed E-state index contributed by atoms with van der Waals surface area (Å²) >= 11 is 0. The lowest BCUT2D eigenvalue weighted by molar-refractivity contribution is 0.0939. The number of anilines is 1. The zero-order valence-electron chi connectivity index (χ0n) is 15.1. The molecular weight excluding hydrogens is 356 g/mol. The van der Waals surface area contributed by atoms with Gasteiger partial charge in [-0.2, -0.15) is 0 Å². The molecule has 0 fully saturated rings. The molecule has 140 valence electrons. The highest BCUT2D eigenvalue weighted by Crippen LogP contribution is 2.29. The van der Waals surface area contributed by atoms with Gasteiger partial charge in [-0.05, 0) is 49.4 Å². The van der Waals surface area contributed by atoms with E-state index >= 15 is 0 Å². The molecular formula is C18H22N2O5S. The molecule has 1 atom stereocenters. The summed E-state index contributed by atoms with van der Waals surface area (Å²) in [6.07, 6.45) is 1.07. The molecule has 0 radical (unpaired) electrons. The van der Waals surface area contributed by atoms with Gasteiger partial charge in [0.25, 0.3) is 5.91 Å². The summed E-state index contributed by atoms with van der Waals surface area (Å²) in [7, 11) is -0.223. The van der Waals surface area contributed by atoms with Crippen molar-refractivity contribution in [3.8, 4) is 11.5 Å². The van der Waals surface area contributed by atoms with Crippen LogP contribution in [0.25, 0.3) is 0 Å². The second kappa shape index (κ2) is 8.09. The van der Waals surface area contributed by atoms with Gasteiger partial charge in [0.05, 0.1) is 26.5 Å². The summed E-state index contributed by atoms with van der Waals surface area (Å²) in [5.74, 6) is 1.03. The standard InChI is InChI=1S/C18H22N2O5S/c1-12(16-11-15(24-2)9-10-17(16)25-3)19-18(21)13-5-7-14(8-6-13)20-26(4,22)23/h5-12,20H,1-4H3,(H,19,21)/t12-/m0/s1. The lowest BCUT2D eigenvalue weighted by atomic mass is 10.1. The summed E-state index contributed by atoms with van der Waals surface area (Å²) in [5.41, 5.74) is 1.60. The molecule has 0 aliphatic rings. The summed E-state index contributed by atoms with van der Waals surface area (Å²) in [6, 6.07) is 11.2. The first-order valence-corrected chi connectivity index (χ1v) is 9.73. The van der Waals surface area contributed by atoms with Gasteiger partial charge in [-0.3, -0.25) is 9.52 Å². The van der Waals surface area contributed by atoms with Crippen LogP contribution in [0.3, 0.4) is 0 Å². The predicted molar refractivity (Wildman–Crippen MR) is 100 cm³/mol. The number of sulfonamides is 1.